The lowest BCUT2D eigenvalue weighted by Crippen LogP contribution is -2.49. The lowest BCUT2D eigenvalue weighted by molar-refractivity contribution is -0.140. The van der Waals surface area contributed by atoms with Crippen LogP contribution in [0.1, 0.15) is 40.0 Å². The first-order valence-corrected chi connectivity index (χ1v) is 6.89. The van der Waals surface area contributed by atoms with E-state index in [2.05, 4.69) is 24.9 Å². The molecule has 1 saturated heterocycles. The van der Waals surface area contributed by atoms with Crippen molar-refractivity contribution in [3.05, 3.63) is 0 Å². The highest BCUT2D eigenvalue weighted by atomic mass is 16.2. The minimum absolute atomic E-state index is 0.00894. The second kappa shape index (κ2) is 6.19. The molecule has 1 aliphatic heterocycles. The zero-order valence-corrected chi connectivity index (χ0v) is 12.1. The summed E-state index contributed by atoms with van der Waals surface area (Å²) in [6.07, 6.45) is 2.51. The van der Waals surface area contributed by atoms with E-state index >= 15 is 0 Å². The van der Waals surface area contributed by atoms with Crippen LogP contribution < -0.4 is 0 Å². The lowest BCUT2D eigenvalue weighted by Gasteiger charge is -2.34. The maximum atomic E-state index is 12.6. The Labute approximate surface area is 111 Å². The molecule has 4 nitrogen and oxygen atoms in total. The highest BCUT2D eigenvalue weighted by molar-refractivity contribution is 5.85. The number of amides is 1. The molecule has 2 unspecified atom stereocenters. The fraction of sp³-hybridized carbons (Fsp3) is 0.857. The van der Waals surface area contributed by atoms with Crippen LogP contribution in [-0.4, -0.2) is 48.4 Å². The van der Waals surface area contributed by atoms with Crippen LogP contribution in [0.25, 0.3) is 0 Å². The zero-order valence-electron chi connectivity index (χ0n) is 12.1. The quantitative estimate of drug-likeness (QED) is 0.769. The van der Waals surface area contributed by atoms with E-state index in [1.165, 1.54) is 0 Å². The van der Waals surface area contributed by atoms with Crippen molar-refractivity contribution in [1.82, 2.24) is 9.80 Å². The molecule has 102 valence electrons. The maximum absolute atomic E-state index is 12.6. The van der Waals surface area contributed by atoms with Gasteiger partial charge in [-0.1, -0.05) is 13.8 Å². The predicted molar refractivity (Wildman–Crippen MR) is 71.9 cm³/mol. The van der Waals surface area contributed by atoms with Gasteiger partial charge in [0.15, 0.2) is 0 Å². The minimum Gasteiger partial charge on any atom is -0.337 e. The van der Waals surface area contributed by atoms with Crippen molar-refractivity contribution in [2.75, 3.05) is 26.7 Å². The Bertz CT molecular complexity index is 336. The molecule has 0 saturated carbocycles. The summed E-state index contributed by atoms with van der Waals surface area (Å²) < 4.78 is 0. The van der Waals surface area contributed by atoms with E-state index in [4.69, 9.17) is 0 Å². The van der Waals surface area contributed by atoms with Gasteiger partial charge in [0.1, 0.15) is 5.41 Å². The van der Waals surface area contributed by atoms with Crippen molar-refractivity contribution in [2.45, 2.75) is 46.1 Å². The third-order valence-corrected chi connectivity index (χ3v) is 4.06. The fourth-order valence-electron chi connectivity index (χ4n) is 2.46. The van der Waals surface area contributed by atoms with Gasteiger partial charge in [0.25, 0.3) is 0 Å². The van der Waals surface area contributed by atoms with E-state index < -0.39 is 5.41 Å². The minimum atomic E-state index is -0.865. The van der Waals surface area contributed by atoms with E-state index in [0.29, 0.717) is 6.42 Å². The summed E-state index contributed by atoms with van der Waals surface area (Å²) in [5.74, 6) is 0.00894. The smallest absolute Gasteiger partial charge is 0.243 e. The number of hydrogen-bond acceptors (Lipinski definition) is 3. The summed E-state index contributed by atoms with van der Waals surface area (Å²) in [6.45, 7) is 8.49. The molecule has 0 radical (unpaired) electrons. The van der Waals surface area contributed by atoms with Gasteiger partial charge in [-0.15, -0.1) is 0 Å². The number of carbonyl (C=O) groups is 1. The Morgan fingerprint density at radius 3 is 2.61 bits per heavy atom. The topological polar surface area (TPSA) is 47.3 Å². The molecule has 0 spiro atoms. The van der Waals surface area contributed by atoms with Gasteiger partial charge in [-0.05, 0) is 39.8 Å². The second-order valence-corrected chi connectivity index (χ2v) is 5.47. The number of nitrogens with zero attached hydrogens (tertiary/aromatic N) is 3. The normalized spacial score (nSPS) is 25.1. The molecule has 1 heterocycles. The monoisotopic (exact) mass is 251 g/mol. The van der Waals surface area contributed by atoms with Crippen molar-refractivity contribution in [2.24, 2.45) is 5.41 Å². The predicted octanol–water partition coefficient (Wildman–Crippen LogP) is 1.87. The number of carbonyl (C=O) groups excluding carboxylic acids is 1. The van der Waals surface area contributed by atoms with Gasteiger partial charge < -0.3 is 9.80 Å². The molecular formula is C14H25N3O. The van der Waals surface area contributed by atoms with Crippen molar-refractivity contribution in [3.63, 3.8) is 0 Å². The first-order chi connectivity index (χ1) is 8.48. The van der Waals surface area contributed by atoms with E-state index in [0.717, 1.165) is 32.5 Å². The summed E-state index contributed by atoms with van der Waals surface area (Å²) >= 11 is 0. The zero-order chi connectivity index (χ0) is 13.8. The van der Waals surface area contributed by atoms with Crippen LogP contribution in [0.5, 0.6) is 0 Å². The number of rotatable bonds is 3. The van der Waals surface area contributed by atoms with Crippen molar-refractivity contribution in [3.8, 4) is 6.07 Å². The van der Waals surface area contributed by atoms with Crippen LogP contribution in [0.2, 0.25) is 0 Å². The van der Waals surface area contributed by atoms with Gasteiger partial charge in [0.2, 0.25) is 5.91 Å². The van der Waals surface area contributed by atoms with Gasteiger partial charge in [-0.3, -0.25) is 4.79 Å². The third-order valence-electron chi connectivity index (χ3n) is 4.06. The highest BCUT2D eigenvalue weighted by Gasteiger charge is 2.38. The Kier molecular flexibility index (Phi) is 5.15. The summed E-state index contributed by atoms with van der Waals surface area (Å²) in [6, 6.07) is 2.44. The molecule has 2 atom stereocenters. The summed E-state index contributed by atoms with van der Waals surface area (Å²) in [7, 11) is 2.10. The highest BCUT2D eigenvalue weighted by Crippen LogP contribution is 2.26. The Morgan fingerprint density at radius 1 is 1.44 bits per heavy atom. The van der Waals surface area contributed by atoms with Gasteiger partial charge in [0.05, 0.1) is 6.07 Å². The van der Waals surface area contributed by atoms with Crippen LogP contribution in [0.3, 0.4) is 0 Å². The van der Waals surface area contributed by atoms with E-state index in [9.17, 15) is 10.1 Å². The van der Waals surface area contributed by atoms with Crippen LogP contribution in [0.4, 0.5) is 0 Å². The van der Waals surface area contributed by atoms with Gasteiger partial charge in [0, 0.05) is 19.1 Å². The molecule has 0 aliphatic carbocycles. The molecule has 1 amide bonds. The molecule has 1 rings (SSSR count). The average molecular weight is 251 g/mol. The summed E-state index contributed by atoms with van der Waals surface area (Å²) in [5.41, 5.74) is -0.865. The first kappa shape index (κ1) is 15.0. The molecule has 1 fully saturated rings. The van der Waals surface area contributed by atoms with Crippen LogP contribution >= 0.6 is 0 Å². The maximum Gasteiger partial charge on any atom is 0.243 e. The molecule has 0 bridgehead atoms. The van der Waals surface area contributed by atoms with Crippen LogP contribution in [0.15, 0.2) is 0 Å². The molecule has 0 aromatic rings. The molecular weight excluding hydrogens is 226 g/mol. The Balaban J connectivity index is 2.91. The van der Waals surface area contributed by atoms with Crippen molar-refractivity contribution < 1.29 is 4.79 Å². The SMILES string of the molecule is CCC1CN(C)CCCN1C(=O)C(C)(C#N)CC. The molecule has 18 heavy (non-hydrogen) atoms. The standard InChI is InChI=1S/C14H25N3O/c1-5-12-10-16(4)8-7-9-17(12)13(18)14(3,6-2)11-15/h12H,5-10H2,1-4H3. The average Bonchev–Trinajstić information content (AvgIpc) is 2.58. The van der Waals surface area contributed by atoms with Crippen LogP contribution in [0, 0.1) is 16.7 Å². The molecule has 0 aromatic carbocycles. The Morgan fingerprint density at radius 2 is 2.11 bits per heavy atom. The Hall–Kier alpha value is -1.08. The summed E-state index contributed by atoms with van der Waals surface area (Å²) in [4.78, 5) is 16.8. The van der Waals surface area contributed by atoms with Gasteiger partial charge >= 0.3 is 0 Å². The first-order valence-electron chi connectivity index (χ1n) is 6.89. The largest absolute Gasteiger partial charge is 0.337 e. The number of likely N-dealkylation sites (N-methyl/N-ethyl adjacent to an activating group) is 1. The molecule has 0 N–H and O–H groups in total. The van der Waals surface area contributed by atoms with Gasteiger partial charge in [-0.25, -0.2) is 0 Å². The number of nitriles is 1. The molecule has 4 heteroatoms. The number of hydrogen-bond donors (Lipinski definition) is 0. The second-order valence-electron chi connectivity index (χ2n) is 5.47. The molecule has 1 aliphatic rings. The van der Waals surface area contributed by atoms with E-state index in [1.54, 1.807) is 6.92 Å². The third kappa shape index (κ3) is 3.02. The van der Waals surface area contributed by atoms with Crippen LogP contribution in [-0.2, 0) is 4.79 Å². The van der Waals surface area contributed by atoms with Gasteiger partial charge in [-0.2, -0.15) is 5.26 Å². The van der Waals surface area contributed by atoms with E-state index in [-0.39, 0.29) is 11.9 Å². The summed E-state index contributed by atoms with van der Waals surface area (Å²) in [5, 5.41) is 9.26. The van der Waals surface area contributed by atoms with E-state index in [1.807, 2.05) is 11.8 Å². The molecule has 0 aromatic heterocycles. The fourth-order valence-corrected chi connectivity index (χ4v) is 2.46. The van der Waals surface area contributed by atoms with Crippen molar-refractivity contribution in [1.29, 1.82) is 5.26 Å². The lowest BCUT2D eigenvalue weighted by atomic mass is 9.87. The van der Waals surface area contributed by atoms with Crippen molar-refractivity contribution >= 4 is 5.91 Å².